The van der Waals surface area contributed by atoms with Crippen molar-refractivity contribution in [2.75, 3.05) is 18.7 Å². The zero-order valence-electron chi connectivity index (χ0n) is 17.2. The van der Waals surface area contributed by atoms with E-state index in [1.807, 2.05) is 25.1 Å². The molecule has 0 spiro atoms. The molecule has 1 aromatic heterocycles. The molecule has 4 rings (SSSR count). The average molecular weight is 428 g/mol. The first-order valence-electron chi connectivity index (χ1n) is 10.3. The Morgan fingerprint density at radius 2 is 2.13 bits per heavy atom. The van der Waals surface area contributed by atoms with Crippen LogP contribution in [0.25, 0.3) is 6.08 Å². The Labute approximate surface area is 179 Å². The van der Waals surface area contributed by atoms with Crippen LogP contribution in [0.1, 0.15) is 53.1 Å². The minimum atomic E-state index is -0.348. The molecule has 30 heavy (non-hydrogen) atoms. The summed E-state index contributed by atoms with van der Waals surface area (Å²) in [4.78, 5) is 26.5. The van der Waals surface area contributed by atoms with Crippen LogP contribution in [0, 0.1) is 5.92 Å². The molecule has 1 N–H and O–H groups in total. The fraction of sp³-hybridized carbons (Fsp3) is 0.391. The van der Waals surface area contributed by atoms with Crippen LogP contribution in [-0.2, 0) is 22.4 Å². The van der Waals surface area contributed by atoms with Gasteiger partial charge in [0.1, 0.15) is 5.00 Å². The molecule has 0 unspecified atom stereocenters. The number of esters is 1. The number of ether oxygens (including phenoxy) is 3. The maximum atomic E-state index is 12.7. The molecule has 2 heterocycles. The van der Waals surface area contributed by atoms with Crippen LogP contribution in [0.4, 0.5) is 5.00 Å². The highest BCUT2D eigenvalue weighted by molar-refractivity contribution is 7.17. The van der Waals surface area contributed by atoms with Crippen molar-refractivity contribution in [3.63, 3.8) is 0 Å². The van der Waals surface area contributed by atoms with Gasteiger partial charge < -0.3 is 19.5 Å². The van der Waals surface area contributed by atoms with Crippen molar-refractivity contribution in [3.8, 4) is 11.5 Å². The summed E-state index contributed by atoms with van der Waals surface area (Å²) in [5.41, 5.74) is 2.39. The number of rotatable bonds is 6. The molecule has 7 heteroatoms. The molecule has 0 radical (unpaired) electrons. The smallest absolute Gasteiger partial charge is 0.341 e. The number of amides is 1. The number of carbonyl (C=O) groups is 2. The van der Waals surface area contributed by atoms with Crippen molar-refractivity contribution in [1.29, 1.82) is 0 Å². The number of thiophene rings is 1. The van der Waals surface area contributed by atoms with Crippen molar-refractivity contribution in [1.82, 2.24) is 0 Å². The van der Waals surface area contributed by atoms with Crippen molar-refractivity contribution in [2.45, 2.75) is 39.5 Å². The number of nitrogens with one attached hydrogen (secondary N) is 1. The molecule has 158 valence electrons. The summed E-state index contributed by atoms with van der Waals surface area (Å²) in [7, 11) is 0. The number of fused-ring (bicyclic) bond motifs is 2. The molecular formula is C23H25NO5S. The first-order valence-corrected chi connectivity index (χ1v) is 11.1. The lowest BCUT2D eigenvalue weighted by Crippen LogP contribution is -2.16. The van der Waals surface area contributed by atoms with Gasteiger partial charge in [-0.3, -0.25) is 4.79 Å². The van der Waals surface area contributed by atoms with Crippen LogP contribution in [0.2, 0.25) is 0 Å². The molecule has 2 aromatic rings. The quantitative estimate of drug-likeness (QED) is 0.528. The van der Waals surface area contributed by atoms with Crippen LogP contribution in [-0.4, -0.2) is 25.3 Å². The van der Waals surface area contributed by atoms with Gasteiger partial charge in [0.05, 0.1) is 12.2 Å². The summed E-state index contributed by atoms with van der Waals surface area (Å²) in [5.74, 6) is 1.30. The highest BCUT2D eigenvalue weighted by Gasteiger charge is 2.29. The van der Waals surface area contributed by atoms with E-state index < -0.39 is 0 Å². The van der Waals surface area contributed by atoms with Crippen molar-refractivity contribution in [3.05, 3.63) is 45.8 Å². The number of hydrogen-bond donors (Lipinski definition) is 1. The minimum absolute atomic E-state index is 0.210. The minimum Gasteiger partial charge on any atom is -0.462 e. The summed E-state index contributed by atoms with van der Waals surface area (Å²) in [6.45, 7) is 4.75. The van der Waals surface area contributed by atoms with Crippen LogP contribution in [0.15, 0.2) is 24.3 Å². The van der Waals surface area contributed by atoms with Gasteiger partial charge in [0.2, 0.25) is 12.7 Å². The van der Waals surface area contributed by atoms with E-state index in [0.717, 1.165) is 36.8 Å². The van der Waals surface area contributed by atoms with Crippen molar-refractivity contribution in [2.24, 2.45) is 5.92 Å². The molecule has 1 aliphatic heterocycles. The second-order valence-corrected chi connectivity index (χ2v) is 8.73. The van der Waals surface area contributed by atoms with Gasteiger partial charge in [0.25, 0.3) is 0 Å². The predicted molar refractivity (Wildman–Crippen MR) is 116 cm³/mol. The Hall–Kier alpha value is -2.80. The normalized spacial score (nSPS) is 17.1. The Bertz CT molecular complexity index is 994. The standard InChI is InChI=1S/C23H25NO5S/c1-3-10-27-23(26)21-16-7-4-14(2)11-19(16)30-22(21)24-20(25)9-6-15-5-8-17-18(12-15)29-13-28-17/h5-6,8-9,12,14H,3-4,7,10-11,13H2,1-2H3,(H,24,25)/b9-6-/t14-/m0/s1. The third-order valence-electron chi connectivity index (χ3n) is 5.21. The van der Waals surface area contributed by atoms with Crippen molar-refractivity contribution >= 4 is 34.3 Å². The van der Waals surface area contributed by atoms with Gasteiger partial charge >= 0.3 is 5.97 Å². The third kappa shape index (κ3) is 4.36. The lowest BCUT2D eigenvalue weighted by molar-refractivity contribution is -0.111. The van der Waals surface area contributed by atoms with Gasteiger partial charge in [-0.25, -0.2) is 4.79 Å². The Morgan fingerprint density at radius 3 is 2.97 bits per heavy atom. The molecule has 0 saturated heterocycles. The van der Waals surface area contributed by atoms with E-state index in [0.29, 0.717) is 34.6 Å². The van der Waals surface area contributed by atoms with E-state index in [1.54, 1.807) is 6.08 Å². The second kappa shape index (κ2) is 8.92. The largest absolute Gasteiger partial charge is 0.462 e. The summed E-state index contributed by atoms with van der Waals surface area (Å²) >= 11 is 1.49. The molecule has 1 aromatic carbocycles. The molecule has 1 atom stereocenters. The predicted octanol–water partition coefficient (Wildman–Crippen LogP) is 4.82. The summed E-state index contributed by atoms with van der Waals surface area (Å²) < 4.78 is 16.1. The maximum Gasteiger partial charge on any atom is 0.341 e. The van der Waals surface area contributed by atoms with E-state index >= 15 is 0 Å². The molecule has 0 fully saturated rings. The van der Waals surface area contributed by atoms with Crippen LogP contribution in [0.3, 0.4) is 0 Å². The molecular weight excluding hydrogens is 402 g/mol. The summed E-state index contributed by atoms with van der Waals surface area (Å²) in [6, 6.07) is 5.50. The van der Waals surface area contributed by atoms with Crippen LogP contribution < -0.4 is 14.8 Å². The van der Waals surface area contributed by atoms with Crippen LogP contribution in [0.5, 0.6) is 11.5 Å². The first-order chi connectivity index (χ1) is 14.5. The van der Waals surface area contributed by atoms with E-state index in [9.17, 15) is 9.59 Å². The molecule has 2 aliphatic rings. The monoisotopic (exact) mass is 427 g/mol. The number of benzene rings is 1. The lowest BCUT2D eigenvalue weighted by Gasteiger charge is -2.18. The Morgan fingerprint density at radius 1 is 1.30 bits per heavy atom. The molecule has 0 bridgehead atoms. The second-order valence-electron chi connectivity index (χ2n) is 7.63. The third-order valence-corrected chi connectivity index (χ3v) is 6.38. The number of hydrogen-bond acceptors (Lipinski definition) is 6. The highest BCUT2D eigenvalue weighted by Crippen LogP contribution is 2.40. The topological polar surface area (TPSA) is 73.9 Å². The van der Waals surface area contributed by atoms with Gasteiger partial charge in [-0.2, -0.15) is 0 Å². The van der Waals surface area contributed by atoms with Gasteiger partial charge in [0, 0.05) is 11.0 Å². The lowest BCUT2D eigenvalue weighted by atomic mass is 9.88. The van der Waals surface area contributed by atoms with E-state index in [4.69, 9.17) is 14.2 Å². The summed E-state index contributed by atoms with van der Waals surface area (Å²) in [5, 5.41) is 3.48. The zero-order chi connectivity index (χ0) is 21.1. The number of anilines is 1. The zero-order valence-corrected chi connectivity index (χ0v) is 18.0. The SMILES string of the molecule is CCCOC(=O)c1c(NC(=O)/C=C\c2ccc3c(c2)OCO3)sc2c1CC[C@H](C)C2. The van der Waals surface area contributed by atoms with Gasteiger partial charge in [0.15, 0.2) is 11.5 Å². The Kier molecular flexibility index (Phi) is 6.08. The molecule has 0 saturated carbocycles. The average Bonchev–Trinajstić information content (AvgIpc) is 3.33. The molecule has 1 amide bonds. The van der Waals surface area contributed by atoms with Gasteiger partial charge in [-0.15, -0.1) is 11.3 Å². The first kappa shape index (κ1) is 20.5. The summed E-state index contributed by atoms with van der Waals surface area (Å²) in [6.07, 6.45) is 6.73. The van der Waals surface area contributed by atoms with E-state index in [2.05, 4.69) is 12.2 Å². The fourth-order valence-corrected chi connectivity index (χ4v) is 5.07. The van der Waals surface area contributed by atoms with E-state index in [1.165, 1.54) is 22.3 Å². The van der Waals surface area contributed by atoms with Crippen molar-refractivity contribution < 1.29 is 23.8 Å². The fourth-order valence-electron chi connectivity index (χ4n) is 3.66. The highest BCUT2D eigenvalue weighted by atomic mass is 32.1. The maximum absolute atomic E-state index is 12.7. The van der Waals surface area contributed by atoms with E-state index in [-0.39, 0.29) is 18.7 Å². The molecule has 1 aliphatic carbocycles. The van der Waals surface area contributed by atoms with Gasteiger partial charge in [-0.05, 0) is 60.9 Å². The Balaban J connectivity index is 1.52. The molecule has 6 nitrogen and oxygen atoms in total. The van der Waals surface area contributed by atoms with Crippen LogP contribution >= 0.6 is 11.3 Å². The van der Waals surface area contributed by atoms with Gasteiger partial charge in [-0.1, -0.05) is 19.9 Å². The number of carbonyl (C=O) groups excluding carboxylic acids is 2.